The highest BCUT2D eigenvalue weighted by Gasteiger charge is 2.20. The first kappa shape index (κ1) is 11.5. The van der Waals surface area contributed by atoms with Gasteiger partial charge in [0.1, 0.15) is 0 Å². The van der Waals surface area contributed by atoms with Crippen molar-refractivity contribution < 1.29 is 0 Å². The van der Waals surface area contributed by atoms with E-state index < -0.39 is 0 Å². The van der Waals surface area contributed by atoms with Crippen LogP contribution >= 0.6 is 27.7 Å². The summed E-state index contributed by atoms with van der Waals surface area (Å²) < 4.78 is 0. The Morgan fingerprint density at radius 2 is 2.27 bits per heavy atom. The Morgan fingerprint density at radius 3 is 3.07 bits per heavy atom. The van der Waals surface area contributed by atoms with Crippen molar-refractivity contribution in [1.82, 2.24) is 5.32 Å². The third-order valence-electron chi connectivity index (χ3n) is 2.57. The summed E-state index contributed by atoms with van der Waals surface area (Å²) >= 11 is 5.46. The minimum atomic E-state index is 0.734. The molecule has 0 fully saturated rings. The highest BCUT2D eigenvalue weighted by atomic mass is 79.9. The Hall–Kier alpha value is 0.01000. The van der Waals surface area contributed by atoms with Gasteiger partial charge in [-0.1, -0.05) is 34.1 Å². The van der Waals surface area contributed by atoms with Gasteiger partial charge in [0.25, 0.3) is 0 Å². The van der Waals surface area contributed by atoms with Crippen LogP contribution in [0, 0.1) is 0 Å². The largest absolute Gasteiger partial charge is 0.316 e. The van der Waals surface area contributed by atoms with E-state index in [2.05, 4.69) is 45.5 Å². The van der Waals surface area contributed by atoms with Crippen LogP contribution in [0.15, 0.2) is 29.2 Å². The lowest BCUT2D eigenvalue weighted by Crippen LogP contribution is -2.25. The maximum Gasteiger partial charge on any atom is 0.0260 e. The lowest BCUT2D eigenvalue weighted by molar-refractivity contribution is 0.657. The molecule has 1 aliphatic rings. The zero-order chi connectivity index (χ0) is 10.5. The van der Waals surface area contributed by atoms with Crippen molar-refractivity contribution >= 4 is 27.7 Å². The fourth-order valence-corrected chi connectivity index (χ4v) is 3.39. The van der Waals surface area contributed by atoms with Crippen LogP contribution in [0.5, 0.6) is 0 Å². The van der Waals surface area contributed by atoms with Gasteiger partial charge in [-0.15, -0.1) is 11.8 Å². The molecule has 1 unspecified atom stereocenters. The predicted molar refractivity (Wildman–Crippen MR) is 71.1 cm³/mol. The van der Waals surface area contributed by atoms with E-state index in [-0.39, 0.29) is 0 Å². The summed E-state index contributed by atoms with van der Waals surface area (Å²) in [6.07, 6.45) is 2.44. The van der Waals surface area contributed by atoms with Crippen LogP contribution in [0.1, 0.15) is 12.0 Å². The summed E-state index contributed by atoms with van der Waals surface area (Å²) in [6.45, 7) is 2.25. The topological polar surface area (TPSA) is 12.0 Å². The van der Waals surface area contributed by atoms with Gasteiger partial charge >= 0.3 is 0 Å². The first-order valence-electron chi connectivity index (χ1n) is 5.41. The minimum absolute atomic E-state index is 0.734. The number of hydrogen-bond donors (Lipinski definition) is 1. The molecule has 0 saturated carbocycles. The standard InChI is InChI=1S/C12H16BrNS/c13-6-3-7-14-9-11-8-10-4-1-2-5-12(10)15-11/h1-2,4-5,11,14H,3,6-9H2. The molecule has 0 amide bonds. The van der Waals surface area contributed by atoms with E-state index in [0.717, 1.165) is 23.7 Å². The molecular formula is C12H16BrNS. The van der Waals surface area contributed by atoms with E-state index in [4.69, 9.17) is 0 Å². The number of alkyl halides is 1. The van der Waals surface area contributed by atoms with Crippen LogP contribution in [-0.4, -0.2) is 23.7 Å². The Balaban J connectivity index is 1.76. The van der Waals surface area contributed by atoms with Crippen molar-refractivity contribution in [3.63, 3.8) is 0 Å². The van der Waals surface area contributed by atoms with Gasteiger partial charge in [-0.2, -0.15) is 0 Å². The van der Waals surface area contributed by atoms with E-state index in [1.54, 1.807) is 0 Å². The normalized spacial score (nSPS) is 19.1. The predicted octanol–water partition coefficient (Wildman–Crippen LogP) is 3.08. The molecule has 1 aliphatic heterocycles. The maximum atomic E-state index is 3.51. The van der Waals surface area contributed by atoms with Crippen LogP contribution < -0.4 is 5.32 Å². The van der Waals surface area contributed by atoms with E-state index in [1.165, 1.54) is 23.3 Å². The SMILES string of the molecule is BrCCCNCC1Cc2ccccc2S1. The zero-order valence-electron chi connectivity index (χ0n) is 8.71. The van der Waals surface area contributed by atoms with E-state index in [0.29, 0.717) is 0 Å². The van der Waals surface area contributed by atoms with Gasteiger partial charge in [-0.3, -0.25) is 0 Å². The molecule has 1 nitrogen and oxygen atoms in total. The van der Waals surface area contributed by atoms with Crippen molar-refractivity contribution in [2.45, 2.75) is 23.0 Å². The van der Waals surface area contributed by atoms with Gasteiger partial charge in [0.05, 0.1) is 0 Å². The van der Waals surface area contributed by atoms with Gasteiger partial charge in [0, 0.05) is 22.0 Å². The zero-order valence-corrected chi connectivity index (χ0v) is 11.1. The molecule has 82 valence electrons. The van der Waals surface area contributed by atoms with Crippen LogP contribution in [0.3, 0.4) is 0 Å². The Bertz CT molecular complexity index is 291. The van der Waals surface area contributed by atoms with Gasteiger partial charge < -0.3 is 5.32 Å². The molecule has 0 bridgehead atoms. The van der Waals surface area contributed by atoms with Crippen molar-refractivity contribution in [1.29, 1.82) is 0 Å². The summed E-state index contributed by atoms with van der Waals surface area (Å²) in [5, 5.41) is 5.34. The molecule has 1 atom stereocenters. The third kappa shape index (κ3) is 3.23. The summed E-state index contributed by atoms with van der Waals surface area (Å²) in [5.74, 6) is 0. The fraction of sp³-hybridized carbons (Fsp3) is 0.500. The van der Waals surface area contributed by atoms with Crippen molar-refractivity contribution in [3.8, 4) is 0 Å². The number of halogens is 1. The fourth-order valence-electron chi connectivity index (χ4n) is 1.82. The molecule has 1 N–H and O–H groups in total. The maximum absolute atomic E-state index is 3.51. The number of benzene rings is 1. The van der Waals surface area contributed by atoms with Crippen LogP contribution in [0.4, 0.5) is 0 Å². The van der Waals surface area contributed by atoms with Gasteiger partial charge in [-0.25, -0.2) is 0 Å². The Morgan fingerprint density at radius 1 is 1.40 bits per heavy atom. The van der Waals surface area contributed by atoms with Crippen LogP contribution in [0.25, 0.3) is 0 Å². The highest BCUT2D eigenvalue weighted by Crippen LogP contribution is 2.36. The lowest BCUT2D eigenvalue weighted by atomic mass is 10.1. The molecule has 3 heteroatoms. The molecule has 0 aliphatic carbocycles. The number of rotatable bonds is 5. The second-order valence-electron chi connectivity index (χ2n) is 3.80. The number of thioether (sulfide) groups is 1. The van der Waals surface area contributed by atoms with Gasteiger partial charge in [0.15, 0.2) is 0 Å². The number of fused-ring (bicyclic) bond motifs is 1. The van der Waals surface area contributed by atoms with E-state index in [1.807, 2.05) is 11.8 Å². The van der Waals surface area contributed by atoms with Crippen molar-refractivity contribution in [2.75, 3.05) is 18.4 Å². The second-order valence-corrected chi connectivity index (χ2v) is 5.93. The molecule has 15 heavy (non-hydrogen) atoms. The second kappa shape index (κ2) is 5.92. The minimum Gasteiger partial charge on any atom is -0.316 e. The van der Waals surface area contributed by atoms with Gasteiger partial charge in [0.2, 0.25) is 0 Å². The molecule has 1 aromatic rings. The lowest BCUT2D eigenvalue weighted by Gasteiger charge is -2.09. The average molecular weight is 286 g/mol. The summed E-state index contributed by atoms with van der Waals surface area (Å²) in [7, 11) is 0. The Labute approximate surface area is 104 Å². The molecule has 0 aromatic heterocycles. The van der Waals surface area contributed by atoms with Crippen LogP contribution in [-0.2, 0) is 6.42 Å². The van der Waals surface area contributed by atoms with E-state index in [9.17, 15) is 0 Å². The molecule has 2 rings (SSSR count). The van der Waals surface area contributed by atoms with Crippen molar-refractivity contribution in [2.24, 2.45) is 0 Å². The average Bonchev–Trinajstić information content (AvgIpc) is 2.67. The highest BCUT2D eigenvalue weighted by molar-refractivity contribution is 9.09. The molecule has 0 spiro atoms. The summed E-state index contributed by atoms with van der Waals surface area (Å²) in [4.78, 5) is 1.48. The summed E-state index contributed by atoms with van der Waals surface area (Å²) in [6, 6.07) is 8.76. The molecule has 1 heterocycles. The summed E-state index contributed by atoms with van der Waals surface area (Å²) in [5.41, 5.74) is 1.52. The molecular weight excluding hydrogens is 270 g/mol. The molecule has 1 aromatic carbocycles. The number of hydrogen-bond acceptors (Lipinski definition) is 2. The third-order valence-corrected chi connectivity index (χ3v) is 4.45. The molecule has 0 radical (unpaired) electrons. The van der Waals surface area contributed by atoms with E-state index >= 15 is 0 Å². The van der Waals surface area contributed by atoms with Crippen LogP contribution in [0.2, 0.25) is 0 Å². The van der Waals surface area contributed by atoms with Gasteiger partial charge in [-0.05, 0) is 31.0 Å². The quantitative estimate of drug-likeness (QED) is 0.659. The first-order chi connectivity index (χ1) is 7.40. The monoisotopic (exact) mass is 285 g/mol. The number of nitrogens with one attached hydrogen (secondary N) is 1. The van der Waals surface area contributed by atoms with Crippen molar-refractivity contribution in [3.05, 3.63) is 29.8 Å². The first-order valence-corrected chi connectivity index (χ1v) is 7.41. The Kier molecular flexibility index (Phi) is 4.54. The smallest absolute Gasteiger partial charge is 0.0260 e. The molecule has 0 saturated heterocycles.